The van der Waals surface area contributed by atoms with E-state index < -0.39 is 0 Å². The van der Waals surface area contributed by atoms with Crippen LogP contribution in [0.2, 0.25) is 0 Å². The predicted octanol–water partition coefficient (Wildman–Crippen LogP) is 1.72. The number of nitrogens with one attached hydrogen (secondary N) is 1. The van der Waals surface area contributed by atoms with Crippen LogP contribution in [0, 0.1) is 5.92 Å². The lowest BCUT2D eigenvalue weighted by molar-refractivity contribution is -0.144. The summed E-state index contributed by atoms with van der Waals surface area (Å²) in [6.07, 6.45) is 2.94. The first-order chi connectivity index (χ1) is 6.47. The van der Waals surface area contributed by atoms with Crippen LogP contribution in [0.5, 0.6) is 0 Å². The summed E-state index contributed by atoms with van der Waals surface area (Å²) in [5.74, 6) is 0.586. The zero-order chi connectivity index (χ0) is 10.6. The van der Waals surface area contributed by atoms with Gasteiger partial charge in [0.25, 0.3) is 0 Å². The van der Waals surface area contributed by atoms with Gasteiger partial charge in [-0.05, 0) is 39.5 Å². The number of rotatable bonds is 5. The van der Waals surface area contributed by atoms with E-state index in [-0.39, 0.29) is 11.5 Å². The van der Waals surface area contributed by atoms with Crippen LogP contribution in [0.15, 0.2) is 0 Å². The third kappa shape index (κ3) is 5.97. The average Bonchev–Trinajstić information content (AvgIpc) is 2.81. The molecule has 0 radical (unpaired) electrons. The van der Waals surface area contributed by atoms with Crippen LogP contribution in [0.1, 0.15) is 40.0 Å². The maximum atomic E-state index is 11.2. The molecule has 1 rings (SSSR count). The van der Waals surface area contributed by atoms with Crippen LogP contribution in [-0.4, -0.2) is 24.7 Å². The molecule has 0 aliphatic heterocycles. The number of ether oxygens (including phenoxy) is 1. The second-order valence-electron chi connectivity index (χ2n) is 5.05. The number of esters is 1. The number of hydrogen-bond acceptors (Lipinski definition) is 3. The maximum absolute atomic E-state index is 11.2. The zero-order valence-electron chi connectivity index (χ0n) is 9.43. The van der Waals surface area contributed by atoms with Crippen molar-refractivity contribution in [1.82, 2.24) is 5.32 Å². The van der Waals surface area contributed by atoms with Crippen LogP contribution < -0.4 is 5.32 Å². The summed E-state index contributed by atoms with van der Waals surface area (Å²) in [6, 6.07) is 0. The van der Waals surface area contributed by atoms with E-state index in [2.05, 4.69) is 26.1 Å². The Hall–Kier alpha value is -0.570. The van der Waals surface area contributed by atoms with E-state index in [1.807, 2.05) is 0 Å². The molecule has 0 aromatic rings. The molecular weight excluding hydrogens is 178 g/mol. The summed E-state index contributed by atoms with van der Waals surface area (Å²) in [7, 11) is 0. The minimum atomic E-state index is -0.0753. The highest BCUT2D eigenvalue weighted by Crippen LogP contribution is 2.28. The van der Waals surface area contributed by atoms with Crippen molar-refractivity contribution in [1.29, 1.82) is 0 Å². The normalized spacial score (nSPS) is 16.8. The van der Waals surface area contributed by atoms with Crippen molar-refractivity contribution in [3.05, 3.63) is 0 Å². The number of carbonyl (C=O) groups is 1. The van der Waals surface area contributed by atoms with Crippen LogP contribution >= 0.6 is 0 Å². The summed E-state index contributed by atoms with van der Waals surface area (Å²) >= 11 is 0. The maximum Gasteiger partial charge on any atom is 0.307 e. The van der Waals surface area contributed by atoms with Gasteiger partial charge in [-0.25, -0.2) is 0 Å². The highest BCUT2D eigenvalue weighted by atomic mass is 16.5. The molecule has 3 heteroatoms. The molecule has 82 valence electrons. The molecule has 14 heavy (non-hydrogen) atoms. The molecule has 1 saturated carbocycles. The molecule has 0 spiro atoms. The Balaban J connectivity index is 1.96. The minimum absolute atomic E-state index is 0.0753. The largest absolute Gasteiger partial charge is 0.465 e. The summed E-state index contributed by atoms with van der Waals surface area (Å²) in [5.41, 5.74) is 0.0801. The second kappa shape index (κ2) is 4.78. The third-order valence-electron chi connectivity index (χ3n) is 2.16. The van der Waals surface area contributed by atoms with Crippen molar-refractivity contribution in [3.8, 4) is 0 Å². The molecule has 0 amide bonds. The van der Waals surface area contributed by atoms with Gasteiger partial charge in [0.05, 0.1) is 13.0 Å². The van der Waals surface area contributed by atoms with Crippen molar-refractivity contribution >= 4 is 5.97 Å². The Morgan fingerprint density at radius 3 is 2.57 bits per heavy atom. The number of carbonyl (C=O) groups excluding carboxylic acids is 1. The first-order valence-corrected chi connectivity index (χ1v) is 5.38. The van der Waals surface area contributed by atoms with Gasteiger partial charge in [0.1, 0.15) is 0 Å². The lowest BCUT2D eigenvalue weighted by Crippen LogP contribution is -2.37. The monoisotopic (exact) mass is 199 g/mol. The lowest BCUT2D eigenvalue weighted by atomic mass is 10.1. The van der Waals surface area contributed by atoms with Crippen LogP contribution in [-0.2, 0) is 9.53 Å². The van der Waals surface area contributed by atoms with E-state index in [1.54, 1.807) is 0 Å². The Morgan fingerprint density at radius 2 is 2.07 bits per heavy atom. The molecule has 1 aliphatic rings. The van der Waals surface area contributed by atoms with Crippen LogP contribution in [0.25, 0.3) is 0 Å². The van der Waals surface area contributed by atoms with E-state index in [1.165, 1.54) is 12.8 Å². The van der Waals surface area contributed by atoms with Gasteiger partial charge < -0.3 is 10.1 Å². The quantitative estimate of drug-likeness (QED) is 0.685. The summed E-state index contributed by atoms with van der Waals surface area (Å²) in [5, 5.41) is 3.26. The van der Waals surface area contributed by atoms with E-state index >= 15 is 0 Å². The van der Waals surface area contributed by atoms with Gasteiger partial charge in [0.2, 0.25) is 0 Å². The van der Waals surface area contributed by atoms with E-state index in [9.17, 15) is 4.79 Å². The van der Waals surface area contributed by atoms with E-state index in [0.717, 1.165) is 0 Å². The fraction of sp³-hybridized carbons (Fsp3) is 0.909. The van der Waals surface area contributed by atoms with Crippen molar-refractivity contribution in [3.63, 3.8) is 0 Å². The van der Waals surface area contributed by atoms with Crippen LogP contribution in [0.3, 0.4) is 0 Å². The molecule has 0 saturated heterocycles. The first-order valence-electron chi connectivity index (χ1n) is 5.38. The molecule has 0 atom stereocenters. The fourth-order valence-electron chi connectivity index (χ4n) is 1.11. The highest BCUT2D eigenvalue weighted by molar-refractivity contribution is 5.69. The minimum Gasteiger partial charge on any atom is -0.465 e. The van der Waals surface area contributed by atoms with Gasteiger partial charge >= 0.3 is 5.97 Å². The molecule has 3 nitrogen and oxygen atoms in total. The molecule has 0 bridgehead atoms. The average molecular weight is 199 g/mol. The van der Waals surface area contributed by atoms with Crippen molar-refractivity contribution < 1.29 is 9.53 Å². The van der Waals surface area contributed by atoms with Gasteiger partial charge in [0, 0.05) is 12.1 Å². The summed E-state index contributed by atoms with van der Waals surface area (Å²) in [4.78, 5) is 11.2. The smallest absolute Gasteiger partial charge is 0.307 e. The SMILES string of the molecule is CC(C)(C)NCCC(=O)OCC1CC1. The second-order valence-corrected chi connectivity index (χ2v) is 5.05. The topological polar surface area (TPSA) is 38.3 Å². The fourth-order valence-corrected chi connectivity index (χ4v) is 1.11. The Labute approximate surface area is 86.2 Å². The van der Waals surface area contributed by atoms with Crippen LogP contribution in [0.4, 0.5) is 0 Å². The Bertz CT molecular complexity index is 192. The molecule has 1 aliphatic carbocycles. The molecule has 1 N–H and O–H groups in total. The standard InChI is InChI=1S/C11H21NO2/c1-11(2,3)12-7-6-10(13)14-8-9-4-5-9/h9,12H,4-8H2,1-3H3. The van der Waals surface area contributed by atoms with Crippen molar-refractivity contribution in [2.45, 2.75) is 45.6 Å². The van der Waals surface area contributed by atoms with Gasteiger partial charge in [-0.2, -0.15) is 0 Å². The Kier molecular flexibility index (Phi) is 3.93. The third-order valence-corrected chi connectivity index (χ3v) is 2.16. The number of hydrogen-bond donors (Lipinski definition) is 1. The van der Waals surface area contributed by atoms with Crippen molar-refractivity contribution in [2.75, 3.05) is 13.2 Å². The molecule has 0 aromatic carbocycles. The molecular formula is C11H21NO2. The highest BCUT2D eigenvalue weighted by Gasteiger charge is 2.22. The first kappa shape index (κ1) is 11.5. The van der Waals surface area contributed by atoms with Gasteiger partial charge in [0.15, 0.2) is 0 Å². The van der Waals surface area contributed by atoms with Gasteiger partial charge in [-0.3, -0.25) is 4.79 Å². The molecule has 0 unspecified atom stereocenters. The Morgan fingerprint density at radius 1 is 1.43 bits per heavy atom. The molecule has 0 heterocycles. The zero-order valence-corrected chi connectivity index (χ0v) is 9.43. The summed E-state index contributed by atoms with van der Waals surface area (Å²) in [6.45, 7) is 7.59. The van der Waals surface area contributed by atoms with E-state index in [0.29, 0.717) is 25.5 Å². The summed E-state index contributed by atoms with van der Waals surface area (Å²) < 4.78 is 5.10. The van der Waals surface area contributed by atoms with Gasteiger partial charge in [-0.1, -0.05) is 0 Å². The lowest BCUT2D eigenvalue weighted by Gasteiger charge is -2.19. The molecule has 0 aromatic heterocycles. The predicted molar refractivity (Wildman–Crippen MR) is 56.1 cm³/mol. The van der Waals surface area contributed by atoms with Gasteiger partial charge in [-0.15, -0.1) is 0 Å². The van der Waals surface area contributed by atoms with Crippen molar-refractivity contribution in [2.24, 2.45) is 5.92 Å². The molecule has 1 fully saturated rings. The van der Waals surface area contributed by atoms with E-state index in [4.69, 9.17) is 4.74 Å².